The fourth-order valence-electron chi connectivity index (χ4n) is 1.10. The van der Waals surface area contributed by atoms with Gasteiger partial charge in [-0.1, -0.05) is 6.07 Å². The number of pyridine rings is 1. The number of rotatable bonds is 2. The number of hydrogen-bond donors (Lipinski definition) is 2. The van der Waals surface area contributed by atoms with Gasteiger partial charge in [-0.3, -0.25) is 4.98 Å². The number of aromatic amines is 1. The lowest BCUT2D eigenvalue weighted by atomic mass is 10.2. The van der Waals surface area contributed by atoms with E-state index in [0.29, 0.717) is 5.95 Å². The third-order valence-electron chi connectivity index (χ3n) is 1.79. The maximum Gasteiger partial charge on any atom is 0.270 e. The SMILES string of the molecule is C/C(=N\c1n[nH]c(N)n1)c1ccccn1. The van der Waals surface area contributed by atoms with Crippen molar-refractivity contribution in [2.75, 3.05) is 5.73 Å². The summed E-state index contributed by atoms with van der Waals surface area (Å²) in [5.74, 6) is 0.568. The first-order valence-corrected chi connectivity index (χ1v) is 4.40. The summed E-state index contributed by atoms with van der Waals surface area (Å²) in [6.45, 7) is 1.84. The van der Waals surface area contributed by atoms with Gasteiger partial charge in [0, 0.05) is 6.20 Å². The number of aromatic nitrogens is 4. The molecule has 0 saturated carbocycles. The maximum atomic E-state index is 5.38. The van der Waals surface area contributed by atoms with Gasteiger partial charge in [0.25, 0.3) is 5.95 Å². The van der Waals surface area contributed by atoms with Gasteiger partial charge in [0.1, 0.15) is 0 Å². The molecule has 0 saturated heterocycles. The average Bonchev–Trinajstić information content (AvgIpc) is 2.65. The number of nitrogen functional groups attached to an aromatic ring is 1. The minimum absolute atomic E-state index is 0.252. The van der Waals surface area contributed by atoms with Crippen LogP contribution in [0.4, 0.5) is 11.9 Å². The fraction of sp³-hybridized carbons (Fsp3) is 0.111. The monoisotopic (exact) mass is 202 g/mol. The van der Waals surface area contributed by atoms with E-state index in [0.717, 1.165) is 11.4 Å². The molecule has 0 radical (unpaired) electrons. The number of nitrogens with two attached hydrogens (primary N) is 1. The van der Waals surface area contributed by atoms with Crippen LogP contribution in [-0.2, 0) is 0 Å². The zero-order valence-corrected chi connectivity index (χ0v) is 8.18. The second-order valence-electron chi connectivity index (χ2n) is 2.93. The molecule has 0 fully saturated rings. The van der Waals surface area contributed by atoms with Crippen molar-refractivity contribution in [1.29, 1.82) is 0 Å². The van der Waals surface area contributed by atoms with Crippen molar-refractivity contribution in [3.05, 3.63) is 30.1 Å². The standard InChI is InChI=1S/C9H10N6/c1-6(7-4-2-3-5-11-7)12-9-13-8(10)14-15-9/h2-5H,1H3,(H3,10,13,14,15)/b12-6+. The lowest BCUT2D eigenvalue weighted by molar-refractivity contribution is 1.09. The molecular weight excluding hydrogens is 192 g/mol. The molecule has 0 spiro atoms. The van der Waals surface area contributed by atoms with E-state index in [4.69, 9.17) is 5.73 Å². The average molecular weight is 202 g/mol. The van der Waals surface area contributed by atoms with Crippen molar-refractivity contribution in [3.63, 3.8) is 0 Å². The van der Waals surface area contributed by atoms with Crippen molar-refractivity contribution >= 4 is 17.6 Å². The van der Waals surface area contributed by atoms with Crippen LogP contribution >= 0.6 is 0 Å². The first-order chi connectivity index (χ1) is 7.25. The van der Waals surface area contributed by atoms with Gasteiger partial charge in [-0.25, -0.2) is 10.1 Å². The van der Waals surface area contributed by atoms with E-state index < -0.39 is 0 Å². The minimum atomic E-state index is 0.252. The second kappa shape index (κ2) is 3.87. The molecule has 0 amide bonds. The third-order valence-corrected chi connectivity index (χ3v) is 1.79. The predicted molar refractivity (Wildman–Crippen MR) is 56.9 cm³/mol. The molecule has 2 heterocycles. The molecule has 0 bridgehead atoms. The lowest BCUT2D eigenvalue weighted by Crippen LogP contribution is -1.96. The van der Waals surface area contributed by atoms with Gasteiger partial charge in [-0.15, -0.1) is 5.10 Å². The summed E-state index contributed by atoms with van der Waals surface area (Å²) < 4.78 is 0. The molecule has 3 N–H and O–H groups in total. The second-order valence-corrected chi connectivity index (χ2v) is 2.93. The first kappa shape index (κ1) is 9.32. The van der Waals surface area contributed by atoms with Crippen LogP contribution in [0.1, 0.15) is 12.6 Å². The van der Waals surface area contributed by atoms with E-state index in [1.807, 2.05) is 25.1 Å². The van der Waals surface area contributed by atoms with E-state index >= 15 is 0 Å². The van der Waals surface area contributed by atoms with Gasteiger partial charge in [0.2, 0.25) is 5.95 Å². The Morgan fingerprint density at radius 1 is 1.47 bits per heavy atom. The molecule has 0 unspecified atom stereocenters. The molecule has 2 aromatic rings. The molecule has 2 rings (SSSR count). The van der Waals surface area contributed by atoms with Gasteiger partial charge in [-0.05, 0) is 19.1 Å². The zero-order chi connectivity index (χ0) is 10.7. The van der Waals surface area contributed by atoms with Crippen LogP contribution in [0.25, 0.3) is 0 Å². The van der Waals surface area contributed by atoms with Crippen molar-refractivity contribution in [2.24, 2.45) is 4.99 Å². The van der Waals surface area contributed by atoms with Crippen molar-refractivity contribution in [2.45, 2.75) is 6.92 Å². The Morgan fingerprint density at radius 3 is 2.93 bits per heavy atom. The topological polar surface area (TPSA) is 92.8 Å². The van der Waals surface area contributed by atoms with Crippen LogP contribution < -0.4 is 5.73 Å². The molecule has 6 nitrogen and oxygen atoms in total. The highest BCUT2D eigenvalue weighted by molar-refractivity contribution is 5.98. The summed E-state index contributed by atoms with van der Waals surface area (Å²) in [4.78, 5) is 12.2. The minimum Gasteiger partial charge on any atom is -0.368 e. The van der Waals surface area contributed by atoms with E-state index in [9.17, 15) is 0 Å². The van der Waals surface area contributed by atoms with Crippen molar-refractivity contribution in [3.8, 4) is 0 Å². The summed E-state index contributed by atoms with van der Waals surface area (Å²) in [7, 11) is 0. The molecule has 0 aliphatic carbocycles. The molecule has 0 aliphatic heterocycles. The highest BCUT2D eigenvalue weighted by atomic mass is 15.3. The van der Waals surface area contributed by atoms with Crippen LogP contribution in [0.5, 0.6) is 0 Å². The number of anilines is 1. The molecule has 0 aromatic carbocycles. The maximum absolute atomic E-state index is 5.38. The predicted octanol–water partition coefficient (Wildman–Crippen LogP) is 0.923. The zero-order valence-electron chi connectivity index (χ0n) is 8.18. The summed E-state index contributed by atoms with van der Waals surface area (Å²) in [6, 6.07) is 5.62. The third kappa shape index (κ3) is 2.16. The Labute approximate surface area is 86.3 Å². The number of nitrogens with one attached hydrogen (secondary N) is 1. The number of hydrogen-bond acceptors (Lipinski definition) is 5. The smallest absolute Gasteiger partial charge is 0.270 e. The largest absolute Gasteiger partial charge is 0.368 e. The Hall–Kier alpha value is -2.24. The molecule has 76 valence electrons. The van der Waals surface area contributed by atoms with E-state index in [1.165, 1.54) is 0 Å². The summed E-state index contributed by atoms with van der Waals surface area (Å²) in [5, 5.41) is 6.32. The molecule has 2 aromatic heterocycles. The van der Waals surface area contributed by atoms with Crippen LogP contribution in [-0.4, -0.2) is 25.9 Å². The molecular formula is C9H10N6. The molecule has 6 heteroatoms. The Morgan fingerprint density at radius 2 is 2.33 bits per heavy atom. The summed E-state index contributed by atoms with van der Waals surface area (Å²) >= 11 is 0. The van der Waals surface area contributed by atoms with Crippen LogP contribution in [0.15, 0.2) is 29.4 Å². The highest BCUT2D eigenvalue weighted by Gasteiger charge is 2.01. The van der Waals surface area contributed by atoms with Crippen molar-refractivity contribution < 1.29 is 0 Å². The number of H-pyrrole nitrogens is 1. The fourth-order valence-corrected chi connectivity index (χ4v) is 1.10. The Bertz CT molecular complexity index is 472. The Balaban J connectivity index is 2.28. The van der Waals surface area contributed by atoms with E-state index in [1.54, 1.807) is 6.20 Å². The van der Waals surface area contributed by atoms with Gasteiger partial charge in [0.05, 0.1) is 11.4 Å². The molecule has 0 aliphatic rings. The molecule has 15 heavy (non-hydrogen) atoms. The van der Waals surface area contributed by atoms with E-state index in [2.05, 4.69) is 25.2 Å². The first-order valence-electron chi connectivity index (χ1n) is 4.40. The van der Waals surface area contributed by atoms with Gasteiger partial charge in [0.15, 0.2) is 0 Å². The number of nitrogens with zero attached hydrogens (tertiary/aromatic N) is 4. The van der Waals surface area contributed by atoms with E-state index in [-0.39, 0.29) is 5.95 Å². The number of aliphatic imine (C=N–C) groups is 1. The summed E-state index contributed by atoms with van der Waals surface area (Å²) in [6.07, 6.45) is 1.71. The van der Waals surface area contributed by atoms with Crippen LogP contribution in [0.2, 0.25) is 0 Å². The normalized spacial score (nSPS) is 11.7. The lowest BCUT2D eigenvalue weighted by Gasteiger charge is -1.96. The van der Waals surface area contributed by atoms with Crippen molar-refractivity contribution in [1.82, 2.24) is 20.2 Å². The van der Waals surface area contributed by atoms with Gasteiger partial charge >= 0.3 is 0 Å². The quantitative estimate of drug-likeness (QED) is 0.708. The summed E-state index contributed by atoms with van der Waals surface area (Å²) in [5.41, 5.74) is 6.92. The van der Waals surface area contributed by atoms with Crippen LogP contribution in [0.3, 0.4) is 0 Å². The molecule has 0 atom stereocenters. The Kier molecular flexibility index (Phi) is 2.40. The highest BCUT2D eigenvalue weighted by Crippen LogP contribution is 2.06. The van der Waals surface area contributed by atoms with Gasteiger partial charge in [-0.2, -0.15) is 4.98 Å². The van der Waals surface area contributed by atoms with Gasteiger partial charge < -0.3 is 5.73 Å². The van der Waals surface area contributed by atoms with Crippen LogP contribution in [0, 0.1) is 0 Å².